The van der Waals surface area contributed by atoms with Gasteiger partial charge in [-0.3, -0.25) is 9.69 Å². The van der Waals surface area contributed by atoms with Crippen LogP contribution in [-0.4, -0.2) is 53.9 Å². The summed E-state index contributed by atoms with van der Waals surface area (Å²) in [6.45, 7) is 11.1. The van der Waals surface area contributed by atoms with Gasteiger partial charge in [0.15, 0.2) is 0 Å². The SMILES string of the molecule is CC1CN(Cc2ccc(C(=O)NC(CCO)C(C)C)cc2)CC(C)O1. The highest BCUT2D eigenvalue weighted by atomic mass is 16.5. The number of nitrogens with zero attached hydrogens (tertiary/aromatic N) is 1. The van der Waals surface area contributed by atoms with Gasteiger partial charge in [0.05, 0.1) is 12.2 Å². The predicted octanol–water partition coefficient (Wildman–Crippen LogP) is 2.43. The topological polar surface area (TPSA) is 61.8 Å². The van der Waals surface area contributed by atoms with Crippen LogP contribution in [0.25, 0.3) is 0 Å². The molecule has 1 aliphatic rings. The van der Waals surface area contributed by atoms with E-state index in [-0.39, 0.29) is 30.8 Å². The lowest BCUT2D eigenvalue weighted by atomic mass is 10.0. The molecule has 5 nitrogen and oxygen atoms in total. The van der Waals surface area contributed by atoms with Crippen LogP contribution in [0.15, 0.2) is 24.3 Å². The van der Waals surface area contributed by atoms with Crippen molar-refractivity contribution in [2.75, 3.05) is 19.7 Å². The van der Waals surface area contributed by atoms with E-state index in [0.717, 1.165) is 19.6 Å². The van der Waals surface area contributed by atoms with Crippen LogP contribution in [0.1, 0.15) is 50.0 Å². The van der Waals surface area contributed by atoms with Crippen LogP contribution in [0, 0.1) is 5.92 Å². The Kier molecular flexibility index (Phi) is 7.41. The lowest BCUT2D eigenvalue weighted by Gasteiger charge is -2.35. The van der Waals surface area contributed by atoms with Crippen molar-refractivity contribution in [3.05, 3.63) is 35.4 Å². The molecule has 1 aromatic carbocycles. The normalized spacial score (nSPS) is 22.8. The fraction of sp³-hybridized carbons (Fsp3) is 0.650. The van der Waals surface area contributed by atoms with Crippen molar-refractivity contribution in [2.24, 2.45) is 5.92 Å². The first-order valence-electron chi connectivity index (χ1n) is 9.27. The second-order valence-corrected chi connectivity index (χ2v) is 7.48. The molecular formula is C20H32N2O3. The monoisotopic (exact) mass is 348 g/mol. The summed E-state index contributed by atoms with van der Waals surface area (Å²) in [7, 11) is 0. The van der Waals surface area contributed by atoms with E-state index in [1.54, 1.807) is 0 Å². The molecule has 1 aliphatic heterocycles. The minimum absolute atomic E-state index is 0.00602. The molecule has 2 N–H and O–H groups in total. The van der Waals surface area contributed by atoms with Crippen LogP contribution < -0.4 is 5.32 Å². The third kappa shape index (κ3) is 6.10. The van der Waals surface area contributed by atoms with E-state index in [1.165, 1.54) is 5.56 Å². The van der Waals surface area contributed by atoms with Gasteiger partial charge in [0.25, 0.3) is 5.91 Å². The maximum absolute atomic E-state index is 12.4. The summed E-state index contributed by atoms with van der Waals surface area (Å²) in [6.07, 6.45) is 1.09. The van der Waals surface area contributed by atoms with Crippen molar-refractivity contribution < 1.29 is 14.6 Å². The summed E-state index contributed by atoms with van der Waals surface area (Å²) in [4.78, 5) is 14.8. The quantitative estimate of drug-likeness (QED) is 0.794. The summed E-state index contributed by atoms with van der Waals surface area (Å²) < 4.78 is 5.77. The fourth-order valence-corrected chi connectivity index (χ4v) is 3.40. The van der Waals surface area contributed by atoms with E-state index in [2.05, 4.69) is 24.1 Å². The fourth-order valence-electron chi connectivity index (χ4n) is 3.40. The standard InChI is InChI=1S/C20H32N2O3/c1-14(2)19(9-10-23)21-20(24)18-7-5-17(6-8-18)13-22-11-15(3)25-16(4)12-22/h5-8,14-16,19,23H,9-13H2,1-4H3,(H,21,24). The van der Waals surface area contributed by atoms with Crippen LogP contribution in [-0.2, 0) is 11.3 Å². The van der Waals surface area contributed by atoms with Gasteiger partial charge in [0.1, 0.15) is 0 Å². The number of carbonyl (C=O) groups is 1. The Morgan fingerprint density at radius 3 is 2.36 bits per heavy atom. The molecule has 5 heteroatoms. The predicted molar refractivity (Wildman–Crippen MR) is 99.5 cm³/mol. The maximum Gasteiger partial charge on any atom is 0.251 e. The molecule has 1 fully saturated rings. The Bertz CT molecular complexity index is 534. The van der Waals surface area contributed by atoms with Crippen LogP contribution in [0.2, 0.25) is 0 Å². The van der Waals surface area contributed by atoms with Gasteiger partial charge >= 0.3 is 0 Å². The molecule has 1 amide bonds. The van der Waals surface area contributed by atoms with Crippen molar-refractivity contribution in [1.29, 1.82) is 0 Å². The van der Waals surface area contributed by atoms with E-state index in [1.807, 2.05) is 38.1 Å². The Balaban J connectivity index is 1.93. The summed E-state index contributed by atoms with van der Waals surface area (Å²) in [6, 6.07) is 7.81. The number of benzene rings is 1. The first-order valence-corrected chi connectivity index (χ1v) is 9.27. The molecule has 1 saturated heterocycles. The van der Waals surface area contributed by atoms with E-state index >= 15 is 0 Å². The number of carbonyl (C=O) groups excluding carboxylic acids is 1. The number of rotatable bonds is 7. The van der Waals surface area contributed by atoms with Gasteiger partial charge in [-0.1, -0.05) is 26.0 Å². The van der Waals surface area contributed by atoms with Crippen molar-refractivity contribution in [1.82, 2.24) is 10.2 Å². The summed E-state index contributed by atoms with van der Waals surface area (Å²) in [5.74, 6) is 0.216. The summed E-state index contributed by atoms with van der Waals surface area (Å²) in [5.41, 5.74) is 1.87. The third-order valence-electron chi connectivity index (χ3n) is 4.68. The molecule has 1 aromatic rings. The minimum Gasteiger partial charge on any atom is -0.396 e. The maximum atomic E-state index is 12.4. The number of aliphatic hydroxyl groups is 1. The highest BCUT2D eigenvalue weighted by Gasteiger charge is 2.22. The number of hydrogen-bond acceptors (Lipinski definition) is 4. The highest BCUT2D eigenvalue weighted by Crippen LogP contribution is 2.15. The largest absolute Gasteiger partial charge is 0.396 e. The van der Waals surface area contributed by atoms with Crippen molar-refractivity contribution in [2.45, 2.75) is 58.9 Å². The molecule has 1 heterocycles. The van der Waals surface area contributed by atoms with E-state index in [9.17, 15) is 4.79 Å². The van der Waals surface area contributed by atoms with E-state index in [4.69, 9.17) is 9.84 Å². The number of hydrogen-bond donors (Lipinski definition) is 2. The third-order valence-corrected chi connectivity index (χ3v) is 4.68. The molecule has 3 unspecified atom stereocenters. The molecule has 0 radical (unpaired) electrons. The number of amides is 1. The molecular weight excluding hydrogens is 316 g/mol. The van der Waals surface area contributed by atoms with Crippen molar-refractivity contribution in [3.8, 4) is 0 Å². The van der Waals surface area contributed by atoms with Gasteiger partial charge < -0.3 is 15.2 Å². The molecule has 0 aromatic heterocycles. The second-order valence-electron chi connectivity index (χ2n) is 7.48. The zero-order chi connectivity index (χ0) is 18.4. The van der Waals surface area contributed by atoms with Crippen LogP contribution in [0.4, 0.5) is 0 Å². The molecule has 2 rings (SSSR count). The molecule has 0 bridgehead atoms. The number of aliphatic hydroxyl groups excluding tert-OH is 1. The number of ether oxygens (including phenoxy) is 1. The van der Waals surface area contributed by atoms with Crippen molar-refractivity contribution in [3.63, 3.8) is 0 Å². The average molecular weight is 348 g/mol. The zero-order valence-electron chi connectivity index (χ0n) is 15.9. The van der Waals surface area contributed by atoms with Gasteiger partial charge in [-0.15, -0.1) is 0 Å². The number of nitrogens with one attached hydrogen (secondary N) is 1. The Morgan fingerprint density at radius 1 is 1.24 bits per heavy atom. The molecule has 25 heavy (non-hydrogen) atoms. The second kappa shape index (κ2) is 9.32. The van der Waals surface area contributed by atoms with Gasteiger partial charge in [-0.2, -0.15) is 0 Å². The van der Waals surface area contributed by atoms with Gasteiger partial charge in [-0.25, -0.2) is 0 Å². The van der Waals surface area contributed by atoms with E-state index < -0.39 is 0 Å². The molecule has 0 aliphatic carbocycles. The zero-order valence-corrected chi connectivity index (χ0v) is 15.9. The Hall–Kier alpha value is -1.43. The van der Waals surface area contributed by atoms with Crippen LogP contribution in [0.5, 0.6) is 0 Å². The lowest BCUT2D eigenvalue weighted by Crippen LogP contribution is -2.44. The van der Waals surface area contributed by atoms with Gasteiger partial charge in [0.2, 0.25) is 0 Å². The molecule has 140 valence electrons. The van der Waals surface area contributed by atoms with Crippen LogP contribution >= 0.6 is 0 Å². The first kappa shape index (κ1) is 19.9. The molecule has 0 saturated carbocycles. The lowest BCUT2D eigenvalue weighted by molar-refractivity contribution is -0.0704. The Morgan fingerprint density at radius 2 is 1.84 bits per heavy atom. The summed E-state index contributed by atoms with van der Waals surface area (Å²) >= 11 is 0. The summed E-state index contributed by atoms with van der Waals surface area (Å²) in [5, 5.41) is 12.2. The highest BCUT2D eigenvalue weighted by molar-refractivity contribution is 5.94. The minimum atomic E-state index is -0.0766. The van der Waals surface area contributed by atoms with E-state index in [0.29, 0.717) is 17.9 Å². The molecule has 0 spiro atoms. The van der Waals surface area contributed by atoms with Gasteiger partial charge in [-0.05, 0) is 43.9 Å². The first-order chi connectivity index (χ1) is 11.9. The van der Waals surface area contributed by atoms with Crippen LogP contribution in [0.3, 0.4) is 0 Å². The van der Waals surface area contributed by atoms with Crippen molar-refractivity contribution >= 4 is 5.91 Å². The van der Waals surface area contributed by atoms with Gasteiger partial charge in [0, 0.05) is 37.8 Å². The molecule has 3 atom stereocenters. The number of morpholine rings is 1. The average Bonchev–Trinajstić information content (AvgIpc) is 2.54. The Labute approximate surface area is 151 Å². The smallest absolute Gasteiger partial charge is 0.251 e.